The fourth-order valence-electron chi connectivity index (χ4n) is 1.38. The minimum atomic E-state index is -4.27. The topological polar surface area (TPSA) is 146 Å². The first kappa shape index (κ1) is 13.2. The van der Waals surface area contributed by atoms with Crippen molar-refractivity contribution in [1.82, 2.24) is 4.98 Å². The van der Waals surface area contributed by atoms with Crippen molar-refractivity contribution in [2.24, 2.45) is 0 Å². The Morgan fingerprint density at radius 1 is 1.39 bits per heavy atom. The highest BCUT2D eigenvalue weighted by Crippen LogP contribution is 2.81. The van der Waals surface area contributed by atoms with Gasteiger partial charge in [-0.25, -0.2) is 14.1 Å². The number of aromatic carboxylic acids is 1. The van der Waals surface area contributed by atoms with E-state index in [0.717, 1.165) is 0 Å². The molecule has 18 heavy (non-hydrogen) atoms. The summed E-state index contributed by atoms with van der Waals surface area (Å²) in [5.74, 6) is -1.60. The van der Waals surface area contributed by atoms with Crippen LogP contribution >= 0.6 is 15.2 Å². The van der Waals surface area contributed by atoms with Crippen molar-refractivity contribution in [2.45, 2.75) is 5.52 Å². The van der Waals surface area contributed by atoms with E-state index >= 15 is 0 Å². The first-order valence-electron chi connectivity index (χ1n) is 4.55. The lowest BCUT2D eigenvalue weighted by molar-refractivity contribution is 0.0697. The number of carboxylic acid groups (broad SMARTS) is 1. The van der Waals surface area contributed by atoms with Gasteiger partial charge in [0.1, 0.15) is 11.4 Å². The molecule has 2 heterocycles. The Bertz CT molecular complexity index is 581. The highest BCUT2D eigenvalue weighted by molar-refractivity contribution is 7.84. The zero-order valence-corrected chi connectivity index (χ0v) is 10.4. The van der Waals surface area contributed by atoms with E-state index in [9.17, 15) is 13.9 Å². The second-order valence-corrected chi connectivity index (χ2v) is 7.78. The Labute approximate surface area is 101 Å². The van der Waals surface area contributed by atoms with Crippen LogP contribution in [0.15, 0.2) is 18.3 Å². The van der Waals surface area contributed by atoms with E-state index in [2.05, 4.69) is 14.6 Å². The van der Waals surface area contributed by atoms with Gasteiger partial charge in [0.15, 0.2) is 0 Å². The van der Waals surface area contributed by atoms with E-state index in [1.54, 1.807) is 0 Å². The predicted molar refractivity (Wildman–Crippen MR) is 59.3 cm³/mol. The number of hydrogen-bond donors (Lipinski definition) is 4. The van der Waals surface area contributed by atoms with Crippen LogP contribution in [0.1, 0.15) is 10.4 Å². The van der Waals surface area contributed by atoms with Crippen molar-refractivity contribution in [2.75, 3.05) is 5.32 Å². The van der Waals surface area contributed by atoms with E-state index in [-0.39, 0.29) is 11.4 Å². The maximum atomic E-state index is 11.3. The van der Waals surface area contributed by atoms with E-state index in [0.29, 0.717) is 0 Å². The van der Waals surface area contributed by atoms with Gasteiger partial charge in [-0.05, 0) is 12.1 Å². The predicted octanol–water partition coefficient (Wildman–Crippen LogP) is 0.876. The average molecular weight is 294 g/mol. The van der Waals surface area contributed by atoms with Gasteiger partial charge in [0, 0.05) is 6.20 Å². The maximum absolute atomic E-state index is 11.3. The van der Waals surface area contributed by atoms with Crippen LogP contribution < -0.4 is 5.32 Å². The number of pyridine rings is 1. The molecule has 11 heteroatoms. The SMILES string of the molecule is O=C(O)c1cccnc1NC1P(=O)(O)OP1(=O)O. The van der Waals surface area contributed by atoms with E-state index in [4.69, 9.17) is 14.9 Å². The molecule has 0 aliphatic carbocycles. The molecule has 0 amide bonds. The summed E-state index contributed by atoms with van der Waals surface area (Å²) in [5, 5.41) is 11.0. The van der Waals surface area contributed by atoms with Gasteiger partial charge >= 0.3 is 21.2 Å². The third-order valence-corrected chi connectivity index (χ3v) is 7.27. The largest absolute Gasteiger partial charge is 0.478 e. The summed E-state index contributed by atoms with van der Waals surface area (Å²) in [6.45, 7) is 0. The molecule has 2 unspecified atom stereocenters. The Kier molecular flexibility index (Phi) is 3.04. The van der Waals surface area contributed by atoms with Crippen molar-refractivity contribution in [3.8, 4) is 0 Å². The molecule has 1 aliphatic rings. The van der Waals surface area contributed by atoms with Crippen LogP contribution in [0.2, 0.25) is 0 Å². The summed E-state index contributed by atoms with van der Waals surface area (Å²) in [5.41, 5.74) is -2.05. The van der Waals surface area contributed by atoms with E-state index in [1.165, 1.54) is 18.3 Å². The molecule has 1 saturated heterocycles. The maximum Gasteiger partial charge on any atom is 0.369 e. The average Bonchev–Trinajstić information content (AvgIpc) is 2.24. The second-order valence-electron chi connectivity index (χ2n) is 3.43. The van der Waals surface area contributed by atoms with Crippen LogP contribution in [0, 0.1) is 0 Å². The lowest BCUT2D eigenvalue weighted by atomic mass is 10.2. The highest BCUT2D eigenvalue weighted by atomic mass is 31.3. The molecule has 98 valence electrons. The fourth-order valence-corrected chi connectivity index (χ4v) is 5.15. The molecule has 0 saturated carbocycles. The Balaban J connectivity index is 2.33. The highest BCUT2D eigenvalue weighted by Gasteiger charge is 2.62. The summed E-state index contributed by atoms with van der Waals surface area (Å²) in [7, 11) is -8.54. The minimum Gasteiger partial charge on any atom is -0.478 e. The number of carbonyl (C=O) groups is 1. The van der Waals surface area contributed by atoms with Crippen LogP contribution in [-0.4, -0.2) is 31.4 Å². The molecule has 1 aromatic heterocycles. The summed E-state index contributed by atoms with van der Waals surface area (Å²) in [6, 6.07) is 2.55. The summed E-state index contributed by atoms with van der Waals surface area (Å²) >= 11 is 0. The summed E-state index contributed by atoms with van der Waals surface area (Å²) in [4.78, 5) is 32.8. The molecule has 0 aromatic carbocycles. The molecular weight excluding hydrogens is 286 g/mol. The zero-order valence-electron chi connectivity index (χ0n) is 8.63. The van der Waals surface area contributed by atoms with Gasteiger partial charge in [-0.2, -0.15) is 0 Å². The molecule has 0 radical (unpaired) electrons. The van der Waals surface area contributed by atoms with Gasteiger partial charge in [0.05, 0.1) is 0 Å². The molecule has 2 rings (SSSR count). The van der Waals surface area contributed by atoms with E-state index in [1.807, 2.05) is 0 Å². The molecule has 2 atom stereocenters. The third-order valence-electron chi connectivity index (χ3n) is 2.16. The quantitative estimate of drug-likeness (QED) is 0.596. The van der Waals surface area contributed by atoms with Crippen molar-refractivity contribution in [3.05, 3.63) is 23.9 Å². The smallest absolute Gasteiger partial charge is 0.369 e. The van der Waals surface area contributed by atoms with Crippen molar-refractivity contribution in [3.63, 3.8) is 0 Å². The number of anilines is 1. The van der Waals surface area contributed by atoms with Crippen molar-refractivity contribution < 1.29 is 33.1 Å². The van der Waals surface area contributed by atoms with Crippen LogP contribution in [0.3, 0.4) is 0 Å². The van der Waals surface area contributed by atoms with Crippen LogP contribution in [0.4, 0.5) is 5.82 Å². The minimum absolute atomic E-state index is 0.276. The van der Waals surface area contributed by atoms with Crippen molar-refractivity contribution >= 4 is 27.0 Å². The van der Waals surface area contributed by atoms with Gasteiger partial charge in [-0.1, -0.05) is 0 Å². The lowest BCUT2D eigenvalue weighted by Gasteiger charge is -2.36. The third kappa shape index (κ3) is 2.19. The zero-order chi connectivity index (χ0) is 13.6. The van der Waals surface area contributed by atoms with Crippen molar-refractivity contribution in [1.29, 1.82) is 0 Å². The Morgan fingerprint density at radius 3 is 2.50 bits per heavy atom. The molecule has 9 nitrogen and oxygen atoms in total. The standard InChI is InChI=1S/C7H8N2O7P2/c10-6(11)4-2-1-3-8-5(4)9-7-17(12,13)16-18(7,14)15/h1-3,7H,(H,8,9)(H,10,11)(H,12,13)(H,14,15). The number of aromatic nitrogens is 1. The normalized spacial score (nSPS) is 34.7. The number of rotatable bonds is 3. The molecule has 1 aromatic rings. The summed E-state index contributed by atoms with van der Waals surface area (Å²) in [6.07, 6.45) is 1.24. The number of nitrogens with one attached hydrogen (secondary N) is 1. The van der Waals surface area contributed by atoms with Gasteiger partial charge < -0.3 is 20.2 Å². The van der Waals surface area contributed by atoms with Crippen LogP contribution in [0.25, 0.3) is 0 Å². The molecule has 4 N–H and O–H groups in total. The van der Waals surface area contributed by atoms with Gasteiger partial charge in [0.2, 0.25) is 5.52 Å². The number of carboxylic acids is 1. The molecule has 1 aliphatic heterocycles. The monoisotopic (exact) mass is 294 g/mol. The van der Waals surface area contributed by atoms with Crippen LogP contribution in [0.5, 0.6) is 0 Å². The van der Waals surface area contributed by atoms with Gasteiger partial charge in [0.25, 0.3) is 0 Å². The lowest BCUT2D eigenvalue weighted by Crippen LogP contribution is -2.30. The van der Waals surface area contributed by atoms with E-state index < -0.39 is 26.7 Å². The van der Waals surface area contributed by atoms with Crippen LogP contribution in [-0.2, 0) is 13.4 Å². The first-order valence-corrected chi connectivity index (χ1v) is 7.84. The molecule has 1 fully saturated rings. The molecule has 0 bridgehead atoms. The van der Waals surface area contributed by atoms with Gasteiger partial charge in [-0.15, -0.1) is 0 Å². The molecular formula is C7H8N2O7P2. The Hall–Kier alpha value is -1.24. The fraction of sp³-hybridized carbons (Fsp3) is 0.143. The molecule has 0 spiro atoms. The first-order chi connectivity index (χ1) is 8.24. The second kappa shape index (κ2) is 4.15. The van der Waals surface area contributed by atoms with Gasteiger partial charge in [-0.3, -0.25) is 9.13 Å². The summed E-state index contributed by atoms with van der Waals surface area (Å²) < 4.78 is 26.5. The number of hydrogen-bond acceptors (Lipinski definition) is 6. The number of nitrogens with zero attached hydrogens (tertiary/aromatic N) is 1. The Morgan fingerprint density at radius 2 is 2.00 bits per heavy atom.